The van der Waals surface area contributed by atoms with Gasteiger partial charge in [0, 0.05) is 19.1 Å². The summed E-state index contributed by atoms with van der Waals surface area (Å²) in [4.78, 5) is 11.5. The number of sulfone groups is 1. The lowest BCUT2D eigenvalue weighted by atomic mass is 10.2. The molecule has 0 spiro atoms. The molecule has 6 nitrogen and oxygen atoms in total. The minimum atomic E-state index is -2.91. The topological polar surface area (TPSA) is 84.5 Å². The van der Waals surface area contributed by atoms with Crippen molar-refractivity contribution in [2.45, 2.75) is 57.4 Å². The van der Waals surface area contributed by atoms with Gasteiger partial charge in [-0.25, -0.2) is 13.2 Å². The van der Waals surface area contributed by atoms with Gasteiger partial charge in [0.05, 0.1) is 11.0 Å². The van der Waals surface area contributed by atoms with Crippen LogP contribution in [-0.2, 0) is 14.6 Å². The molecule has 1 heterocycles. The SMILES string of the molecule is CC(CNC(=O)OC(C)(C)C)NCC1CCCS1(=O)=O. The van der Waals surface area contributed by atoms with Crippen LogP contribution < -0.4 is 10.6 Å². The largest absolute Gasteiger partial charge is 0.444 e. The Bertz CT molecular complexity index is 428. The molecule has 7 heteroatoms. The first kappa shape index (κ1) is 17.2. The molecule has 118 valence electrons. The van der Waals surface area contributed by atoms with Crippen molar-refractivity contribution >= 4 is 15.9 Å². The van der Waals surface area contributed by atoms with Gasteiger partial charge in [0.25, 0.3) is 0 Å². The molecule has 1 rings (SSSR count). The lowest BCUT2D eigenvalue weighted by Gasteiger charge is -2.21. The Labute approximate surface area is 121 Å². The molecule has 1 aliphatic heterocycles. The van der Waals surface area contributed by atoms with Crippen LogP contribution in [0.1, 0.15) is 40.5 Å². The van der Waals surface area contributed by atoms with Gasteiger partial charge in [0.2, 0.25) is 0 Å². The molecule has 0 saturated carbocycles. The zero-order chi connectivity index (χ0) is 15.4. The monoisotopic (exact) mass is 306 g/mol. The highest BCUT2D eigenvalue weighted by molar-refractivity contribution is 7.92. The second kappa shape index (κ2) is 6.76. The summed E-state index contributed by atoms with van der Waals surface area (Å²) in [5.41, 5.74) is -0.515. The van der Waals surface area contributed by atoms with E-state index >= 15 is 0 Å². The third kappa shape index (κ3) is 6.09. The number of alkyl carbamates (subject to hydrolysis) is 1. The summed E-state index contributed by atoms with van der Waals surface area (Å²) in [5, 5.41) is 5.53. The van der Waals surface area contributed by atoms with E-state index in [1.165, 1.54) is 0 Å². The second-order valence-electron chi connectivity index (χ2n) is 6.32. The number of carbonyl (C=O) groups excluding carboxylic acids is 1. The van der Waals surface area contributed by atoms with Gasteiger partial charge in [-0.1, -0.05) is 0 Å². The van der Waals surface area contributed by atoms with Crippen molar-refractivity contribution in [2.24, 2.45) is 0 Å². The van der Waals surface area contributed by atoms with Crippen LogP contribution in [0, 0.1) is 0 Å². The third-order valence-corrected chi connectivity index (χ3v) is 5.38. The zero-order valence-electron chi connectivity index (χ0n) is 12.7. The first-order chi connectivity index (χ1) is 9.10. The average Bonchev–Trinajstić information content (AvgIpc) is 2.60. The fraction of sp³-hybridized carbons (Fsp3) is 0.923. The molecule has 0 aromatic rings. The quantitative estimate of drug-likeness (QED) is 0.793. The summed E-state index contributed by atoms with van der Waals surface area (Å²) < 4.78 is 28.5. The minimum Gasteiger partial charge on any atom is -0.444 e. The van der Waals surface area contributed by atoms with E-state index in [9.17, 15) is 13.2 Å². The maximum absolute atomic E-state index is 11.7. The highest BCUT2D eigenvalue weighted by atomic mass is 32.2. The molecular formula is C13H26N2O4S. The van der Waals surface area contributed by atoms with Crippen LogP contribution in [0.5, 0.6) is 0 Å². The number of rotatable bonds is 5. The molecule has 0 aliphatic carbocycles. The van der Waals surface area contributed by atoms with Gasteiger partial charge in [-0.15, -0.1) is 0 Å². The summed E-state index contributed by atoms with van der Waals surface area (Å²) in [7, 11) is -2.91. The average molecular weight is 306 g/mol. The molecule has 1 fully saturated rings. The molecule has 2 N–H and O–H groups in total. The van der Waals surface area contributed by atoms with Crippen molar-refractivity contribution in [1.82, 2.24) is 10.6 Å². The van der Waals surface area contributed by atoms with E-state index in [1.807, 2.05) is 6.92 Å². The maximum atomic E-state index is 11.7. The molecular weight excluding hydrogens is 280 g/mol. The van der Waals surface area contributed by atoms with Gasteiger partial charge in [0.1, 0.15) is 5.60 Å². The Kier molecular flexibility index (Phi) is 5.82. The van der Waals surface area contributed by atoms with Crippen LogP contribution >= 0.6 is 0 Å². The summed E-state index contributed by atoms with van der Waals surface area (Å²) in [6.07, 6.45) is 1.01. The van der Waals surface area contributed by atoms with Crippen molar-refractivity contribution in [2.75, 3.05) is 18.8 Å². The number of amides is 1. The first-order valence-corrected chi connectivity index (χ1v) is 8.73. The molecule has 1 saturated heterocycles. The van der Waals surface area contributed by atoms with Gasteiger partial charge < -0.3 is 15.4 Å². The third-order valence-electron chi connectivity index (χ3n) is 3.11. The second-order valence-corrected chi connectivity index (χ2v) is 8.72. The number of nitrogens with one attached hydrogen (secondary N) is 2. The van der Waals surface area contributed by atoms with Gasteiger partial charge in [-0.3, -0.25) is 0 Å². The zero-order valence-corrected chi connectivity index (χ0v) is 13.5. The van der Waals surface area contributed by atoms with E-state index in [-0.39, 0.29) is 11.3 Å². The summed E-state index contributed by atoms with van der Waals surface area (Å²) in [6.45, 7) is 8.16. The summed E-state index contributed by atoms with van der Waals surface area (Å²) in [6, 6.07) is -0.00156. The number of hydrogen-bond acceptors (Lipinski definition) is 5. The normalized spacial score (nSPS) is 23.3. The highest BCUT2D eigenvalue weighted by Crippen LogP contribution is 2.19. The van der Waals surface area contributed by atoms with Gasteiger partial charge in [-0.05, 0) is 40.5 Å². The van der Waals surface area contributed by atoms with Crippen molar-refractivity contribution in [3.63, 3.8) is 0 Å². The van der Waals surface area contributed by atoms with Crippen molar-refractivity contribution < 1.29 is 17.9 Å². The van der Waals surface area contributed by atoms with E-state index in [4.69, 9.17) is 4.74 Å². The Morgan fingerprint density at radius 1 is 1.40 bits per heavy atom. The molecule has 1 amide bonds. The van der Waals surface area contributed by atoms with Crippen LogP contribution in [0.25, 0.3) is 0 Å². The number of hydrogen-bond donors (Lipinski definition) is 2. The maximum Gasteiger partial charge on any atom is 0.407 e. The fourth-order valence-corrected chi connectivity index (χ4v) is 3.82. The molecule has 2 atom stereocenters. The molecule has 20 heavy (non-hydrogen) atoms. The van der Waals surface area contributed by atoms with E-state index in [1.54, 1.807) is 20.8 Å². The Morgan fingerprint density at radius 3 is 2.55 bits per heavy atom. The van der Waals surface area contributed by atoms with Crippen molar-refractivity contribution in [3.8, 4) is 0 Å². The van der Waals surface area contributed by atoms with Crippen molar-refractivity contribution in [1.29, 1.82) is 0 Å². The molecule has 2 unspecified atom stereocenters. The van der Waals surface area contributed by atoms with Crippen LogP contribution in [0.4, 0.5) is 4.79 Å². The number of carbonyl (C=O) groups is 1. The predicted octanol–water partition coefficient (Wildman–Crippen LogP) is 1.07. The van der Waals surface area contributed by atoms with Crippen LogP contribution in [-0.4, -0.2) is 50.2 Å². The smallest absolute Gasteiger partial charge is 0.407 e. The predicted molar refractivity (Wildman–Crippen MR) is 78.5 cm³/mol. The van der Waals surface area contributed by atoms with Gasteiger partial charge in [-0.2, -0.15) is 0 Å². The van der Waals surface area contributed by atoms with E-state index < -0.39 is 21.5 Å². The summed E-state index contributed by atoms with van der Waals surface area (Å²) >= 11 is 0. The molecule has 1 aliphatic rings. The minimum absolute atomic E-state index is 0.00156. The fourth-order valence-electron chi connectivity index (χ4n) is 2.04. The van der Waals surface area contributed by atoms with E-state index in [0.29, 0.717) is 18.8 Å². The molecule has 0 aromatic carbocycles. The number of ether oxygens (including phenoxy) is 1. The summed E-state index contributed by atoms with van der Waals surface area (Å²) in [5.74, 6) is 0.296. The van der Waals surface area contributed by atoms with Crippen molar-refractivity contribution in [3.05, 3.63) is 0 Å². The molecule has 0 radical (unpaired) electrons. The van der Waals surface area contributed by atoms with E-state index in [0.717, 1.165) is 12.8 Å². The van der Waals surface area contributed by atoms with Gasteiger partial charge >= 0.3 is 6.09 Å². The van der Waals surface area contributed by atoms with E-state index in [2.05, 4.69) is 10.6 Å². The standard InChI is InChI=1S/C13H26N2O4S/c1-10(8-15-12(16)19-13(2,3)4)14-9-11-6-5-7-20(11,17)18/h10-11,14H,5-9H2,1-4H3,(H,15,16). The van der Waals surface area contributed by atoms with Gasteiger partial charge in [0.15, 0.2) is 9.84 Å². The van der Waals surface area contributed by atoms with Crippen LogP contribution in [0.2, 0.25) is 0 Å². The molecule has 0 bridgehead atoms. The van der Waals surface area contributed by atoms with Crippen LogP contribution in [0.3, 0.4) is 0 Å². The Morgan fingerprint density at radius 2 is 2.05 bits per heavy atom. The lowest BCUT2D eigenvalue weighted by Crippen LogP contribution is -2.44. The lowest BCUT2D eigenvalue weighted by molar-refractivity contribution is 0.0523. The van der Waals surface area contributed by atoms with Crippen LogP contribution in [0.15, 0.2) is 0 Å². The Hall–Kier alpha value is -0.820. The first-order valence-electron chi connectivity index (χ1n) is 7.02. The molecule has 0 aromatic heterocycles. The Balaban J connectivity index is 2.24. The highest BCUT2D eigenvalue weighted by Gasteiger charge is 2.31.